The molecular weight excluding hydrogens is 208 g/mol. The first-order valence-electron chi connectivity index (χ1n) is 5.00. The Morgan fingerprint density at radius 1 is 1.44 bits per heavy atom. The molecule has 0 aromatic heterocycles. The molecule has 5 heteroatoms. The average Bonchev–Trinajstić information content (AvgIpc) is 2.65. The number of nitrogens with one attached hydrogen (secondary N) is 2. The van der Waals surface area contributed by atoms with Crippen LogP contribution in [0.25, 0.3) is 0 Å². The van der Waals surface area contributed by atoms with E-state index in [1.807, 2.05) is 30.3 Å². The van der Waals surface area contributed by atoms with Crippen molar-refractivity contribution in [1.29, 1.82) is 0 Å². The molecule has 0 saturated carbocycles. The van der Waals surface area contributed by atoms with Gasteiger partial charge in [0.2, 0.25) is 5.91 Å². The van der Waals surface area contributed by atoms with Crippen molar-refractivity contribution < 1.29 is 14.3 Å². The summed E-state index contributed by atoms with van der Waals surface area (Å²) in [5.74, 6) is -0.137. The second kappa shape index (κ2) is 4.65. The van der Waals surface area contributed by atoms with Crippen LogP contribution in [0.5, 0.6) is 0 Å². The highest BCUT2D eigenvalue weighted by atomic mass is 16.6. The number of alkyl carbamates (subject to hydrolysis) is 1. The number of rotatable bonds is 3. The van der Waals surface area contributed by atoms with Gasteiger partial charge in [-0.05, 0) is 5.56 Å². The fraction of sp³-hybridized carbons (Fsp3) is 0.273. The van der Waals surface area contributed by atoms with Gasteiger partial charge in [0.15, 0.2) is 0 Å². The summed E-state index contributed by atoms with van der Waals surface area (Å²) in [6.45, 7) is 0.180. The normalized spacial score (nSPS) is 18.8. The minimum absolute atomic E-state index is 0.137. The van der Waals surface area contributed by atoms with Gasteiger partial charge < -0.3 is 10.1 Å². The van der Waals surface area contributed by atoms with E-state index in [1.165, 1.54) is 0 Å². The molecule has 1 fully saturated rings. The zero-order chi connectivity index (χ0) is 11.4. The van der Waals surface area contributed by atoms with Gasteiger partial charge in [0.25, 0.3) is 0 Å². The highest BCUT2D eigenvalue weighted by Gasteiger charge is 2.23. The minimum Gasteiger partial charge on any atom is -0.445 e. The Balaban J connectivity index is 1.83. The molecule has 84 valence electrons. The lowest BCUT2D eigenvalue weighted by atomic mass is 10.1. The monoisotopic (exact) mass is 220 g/mol. The molecule has 1 atom stereocenters. The van der Waals surface area contributed by atoms with E-state index in [2.05, 4.69) is 15.4 Å². The van der Waals surface area contributed by atoms with Crippen molar-refractivity contribution in [3.63, 3.8) is 0 Å². The van der Waals surface area contributed by atoms with E-state index in [-0.39, 0.29) is 12.5 Å². The van der Waals surface area contributed by atoms with Gasteiger partial charge in [0.05, 0.1) is 6.42 Å². The zero-order valence-electron chi connectivity index (χ0n) is 8.60. The Kier molecular flexibility index (Phi) is 3.05. The van der Waals surface area contributed by atoms with Gasteiger partial charge >= 0.3 is 6.09 Å². The summed E-state index contributed by atoms with van der Waals surface area (Å²) in [4.78, 5) is 22.3. The first-order chi connectivity index (χ1) is 7.74. The molecule has 0 aliphatic carbocycles. The van der Waals surface area contributed by atoms with Gasteiger partial charge in [0.1, 0.15) is 12.8 Å². The van der Waals surface area contributed by atoms with E-state index in [1.54, 1.807) is 0 Å². The lowest BCUT2D eigenvalue weighted by molar-refractivity contribution is -0.121. The maximum absolute atomic E-state index is 11.6. The average molecular weight is 220 g/mol. The van der Waals surface area contributed by atoms with Gasteiger partial charge in [-0.25, -0.2) is 4.79 Å². The molecular formula is C11H12N2O3. The molecule has 1 aromatic rings. The fourth-order valence-electron chi connectivity index (χ4n) is 1.49. The number of carbonyl (C=O) groups is 2. The number of hydrogen-bond donors (Lipinski definition) is 2. The van der Waals surface area contributed by atoms with Crippen molar-refractivity contribution in [3.05, 3.63) is 35.9 Å². The van der Waals surface area contributed by atoms with Crippen LogP contribution in [0.2, 0.25) is 0 Å². The molecule has 0 spiro atoms. The summed E-state index contributed by atoms with van der Waals surface area (Å²) in [5, 5.41) is 5.14. The van der Waals surface area contributed by atoms with E-state index < -0.39 is 12.3 Å². The number of benzene rings is 1. The maximum Gasteiger partial charge on any atom is 0.409 e. The molecule has 0 radical (unpaired) electrons. The molecule has 2 N–H and O–H groups in total. The smallest absolute Gasteiger partial charge is 0.409 e. The molecule has 16 heavy (non-hydrogen) atoms. The van der Waals surface area contributed by atoms with E-state index in [9.17, 15) is 9.59 Å². The molecule has 5 nitrogen and oxygen atoms in total. The largest absolute Gasteiger partial charge is 0.445 e. The van der Waals surface area contributed by atoms with Crippen LogP contribution in [0.1, 0.15) is 5.56 Å². The topological polar surface area (TPSA) is 67.4 Å². The fourth-order valence-corrected chi connectivity index (χ4v) is 1.49. The predicted octanol–water partition coefficient (Wildman–Crippen LogP) is 0.411. The molecule has 1 aliphatic heterocycles. The van der Waals surface area contributed by atoms with Crippen LogP contribution >= 0.6 is 0 Å². The minimum atomic E-state index is -0.495. The van der Waals surface area contributed by atoms with Crippen LogP contribution in [0.3, 0.4) is 0 Å². The lowest BCUT2D eigenvalue weighted by Gasteiger charge is -2.09. The Labute approximate surface area is 92.8 Å². The molecule has 0 bridgehead atoms. The second-order valence-electron chi connectivity index (χ2n) is 3.53. The molecule has 1 unspecified atom stereocenters. The van der Waals surface area contributed by atoms with Crippen LogP contribution in [0, 0.1) is 0 Å². The molecule has 1 saturated heterocycles. The van der Waals surface area contributed by atoms with Crippen molar-refractivity contribution in [2.24, 2.45) is 0 Å². The van der Waals surface area contributed by atoms with Crippen molar-refractivity contribution in [2.75, 3.05) is 6.61 Å². The number of cyclic esters (lactones) is 1. The molecule has 2 amide bonds. The molecule has 1 heterocycles. The quantitative estimate of drug-likeness (QED) is 0.775. The Bertz CT molecular complexity index is 391. The zero-order valence-corrected chi connectivity index (χ0v) is 8.60. The summed E-state index contributed by atoms with van der Waals surface area (Å²) in [6.07, 6.45) is -0.610. The Morgan fingerprint density at radius 3 is 2.81 bits per heavy atom. The lowest BCUT2D eigenvalue weighted by Crippen LogP contribution is -2.44. The Hall–Kier alpha value is -2.04. The number of carbonyl (C=O) groups excluding carboxylic acids is 2. The van der Waals surface area contributed by atoms with Crippen LogP contribution in [-0.2, 0) is 16.0 Å². The van der Waals surface area contributed by atoms with Crippen LogP contribution < -0.4 is 10.6 Å². The van der Waals surface area contributed by atoms with Crippen molar-refractivity contribution in [1.82, 2.24) is 10.6 Å². The van der Waals surface area contributed by atoms with Crippen molar-refractivity contribution >= 4 is 12.0 Å². The summed E-state index contributed by atoms with van der Waals surface area (Å²) in [6, 6.07) is 9.41. The summed E-state index contributed by atoms with van der Waals surface area (Å²) >= 11 is 0. The standard InChI is InChI=1S/C11H12N2O3/c14-10(6-8-4-2-1-3-5-8)12-9-7-16-11(15)13-9/h1-5,9H,6-7H2,(H,12,14)(H,13,15). The first kappa shape index (κ1) is 10.5. The van der Waals surface area contributed by atoms with Crippen molar-refractivity contribution in [3.8, 4) is 0 Å². The SMILES string of the molecule is O=C(Cc1ccccc1)NC1COC(=O)N1. The summed E-state index contributed by atoms with van der Waals surface area (Å²) < 4.78 is 4.65. The van der Waals surface area contributed by atoms with E-state index in [0.717, 1.165) is 5.56 Å². The maximum atomic E-state index is 11.6. The van der Waals surface area contributed by atoms with Crippen LogP contribution in [-0.4, -0.2) is 24.8 Å². The highest BCUT2D eigenvalue weighted by Crippen LogP contribution is 2.00. The van der Waals surface area contributed by atoms with Gasteiger partial charge in [-0.15, -0.1) is 0 Å². The predicted molar refractivity (Wildman–Crippen MR) is 56.6 cm³/mol. The van der Waals surface area contributed by atoms with E-state index >= 15 is 0 Å². The third-order valence-corrected chi connectivity index (χ3v) is 2.22. The summed E-state index contributed by atoms with van der Waals surface area (Å²) in [7, 11) is 0. The van der Waals surface area contributed by atoms with E-state index in [4.69, 9.17) is 0 Å². The van der Waals surface area contributed by atoms with Gasteiger partial charge in [-0.2, -0.15) is 0 Å². The second-order valence-corrected chi connectivity index (χ2v) is 3.53. The van der Waals surface area contributed by atoms with Crippen LogP contribution in [0.4, 0.5) is 4.79 Å². The van der Waals surface area contributed by atoms with E-state index in [0.29, 0.717) is 6.42 Å². The number of ether oxygens (including phenoxy) is 1. The highest BCUT2D eigenvalue weighted by molar-refractivity contribution is 5.80. The van der Waals surface area contributed by atoms with Gasteiger partial charge in [-0.3, -0.25) is 10.1 Å². The van der Waals surface area contributed by atoms with Crippen LogP contribution in [0.15, 0.2) is 30.3 Å². The number of hydrogen-bond acceptors (Lipinski definition) is 3. The van der Waals surface area contributed by atoms with Gasteiger partial charge in [0, 0.05) is 0 Å². The summed E-state index contributed by atoms with van der Waals surface area (Å²) in [5.41, 5.74) is 0.935. The molecule has 1 aliphatic rings. The molecule has 2 rings (SSSR count). The third kappa shape index (κ3) is 2.73. The molecule has 1 aromatic carbocycles. The Morgan fingerprint density at radius 2 is 2.19 bits per heavy atom. The third-order valence-electron chi connectivity index (χ3n) is 2.22. The first-order valence-corrected chi connectivity index (χ1v) is 5.00. The number of amides is 2. The van der Waals surface area contributed by atoms with Gasteiger partial charge in [-0.1, -0.05) is 30.3 Å². The van der Waals surface area contributed by atoms with Crippen molar-refractivity contribution in [2.45, 2.75) is 12.6 Å².